The number of hydrogen-bond donors (Lipinski definition) is 1. The lowest BCUT2D eigenvalue weighted by Crippen LogP contribution is -2.27. The molecule has 7 heteroatoms. The summed E-state index contributed by atoms with van der Waals surface area (Å²) in [5.74, 6) is 0.725. The molecule has 18 heavy (non-hydrogen) atoms. The van der Waals surface area contributed by atoms with E-state index in [1.54, 1.807) is 25.4 Å². The van der Waals surface area contributed by atoms with Crippen molar-refractivity contribution in [2.24, 2.45) is 0 Å². The predicted octanol–water partition coefficient (Wildman–Crippen LogP) is 0.926. The van der Waals surface area contributed by atoms with Gasteiger partial charge in [0.15, 0.2) is 0 Å². The van der Waals surface area contributed by atoms with E-state index >= 15 is 0 Å². The normalized spacial score (nSPS) is 11.3. The van der Waals surface area contributed by atoms with Crippen LogP contribution in [0.5, 0.6) is 0 Å². The minimum absolute atomic E-state index is 0.512. The molecule has 0 saturated carbocycles. The van der Waals surface area contributed by atoms with Gasteiger partial charge in [-0.15, -0.1) is 0 Å². The highest BCUT2D eigenvalue weighted by atomic mass is 32.2. The maximum Gasteiger partial charge on any atom is 0.229 e. The average Bonchev–Trinajstić information content (AvgIpc) is 2.28. The van der Waals surface area contributed by atoms with Crippen LogP contribution in [0.15, 0.2) is 18.3 Å². The van der Waals surface area contributed by atoms with Gasteiger partial charge >= 0.3 is 0 Å². The molecule has 0 atom stereocenters. The summed E-state index contributed by atoms with van der Waals surface area (Å²) in [6.07, 6.45) is 2.70. The predicted molar refractivity (Wildman–Crippen MR) is 72.5 cm³/mol. The third-order valence-corrected chi connectivity index (χ3v) is 2.93. The topological polar surface area (TPSA) is 71.5 Å². The Morgan fingerprint density at radius 3 is 2.78 bits per heavy atom. The van der Waals surface area contributed by atoms with Crippen molar-refractivity contribution in [1.29, 1.82) is 0 Å². The molecular weight excluding hydrogens is 254 g/mol. The summed E-state index contributed by atoms with van der Waals surface area (Å²) in [4.78, 5) is 6.24. The number of aromatic nitrogens is 1. The Kier molecular flexibility index (Phi) is 5.36. The van der Waals surface area contributed by atoms with E-state index in [9.17, 15) is 8.42 Å². The molecular formula is C11H19N3O3S. The molecule has 0 bridgehead atoms. The summed E-state index contributed by atoms with van der Waals surface area (Å²) < 4.78 is 29.8. The van der Waals surface area contributed by atoms with Crippen LogP contribution in [0.4, 0.5) is 11.5 Å². The lowest BCUT2D eigenvalue weighted by atomic mass is 10.3. The van der Waals surface area contributed by atoms with Crippen molar-refractivity contribution >= 4 is 21.5 Å². The van der Waals surface area contributed by atoms with E-state index in [4.69, 9.17) is 4.74 Å². The van der Waals surface area contributed by atoms with Crippen molar-refractivity contribution in [3.63, 3.8) is 0 Å². The third kappa shape index (κ3) is 4.89. The molecule has 1 N–H and O–H groups in total. The monoisotopic (exact) mass is 273 g/mol. The molecule has 0 saturated heterocycles. The number of nitrogens with one attached hydrogen (secondary N) is 1. The Balaban J connectivity index is 2.85. The number of sulfonamides is 1. The van der Waals surface area contributed by atoms with E-state index in [2.05, 4.69) is 9.71 Å². The van der Waals surface area contributed by atoms with Gasteiger partial charge in [0.2, 0.25) is 10.0 Å². The summed E-state index contributed by atoms with van der Waals surface area (Å²) in [6, 6.07) is 3.33. The second-order valence-corrected chi connectivity index (χ2v) is 5.60. The number of anilines is 2. The Bertz CT molecular complexity index is 476. The van der Waals surface area contributed by atoms with Crippen LogP contribution < -0.4 is 9.62 Å². The van der Waals surface area contributed by atoms with Gasteiger partial charge in [-0.2, -0.15) is 0 Å². The molecule has 0 fully saturated rings. The van der Waals surface area contributed by atoms with Crippen LogP contribution in [0.3, 0.4) is 0 Å². The fourth-order valence-corrected chi connectivity index (χ4v) is 2.06. The first kappa shape index (κ1) is 14.7. The summed E-state index contributed by atoms with van der Waals surface area (Å²) in [5.41, 5.74) is 0.512. The molecule has 0 aliphatic carbocycles. The number of hydrogen-bond acceptors (Lipinski definition) is 5. The molecule has 0 aliphatic heterocycles. The number of nitrogens with zero attached hydrogens (tertiary/aromatic N) is 2. The van der Waals surface area contributed by atoms with Crippen molar-refractivity contribution in [3.05, 3.63) is 18.3 Å². The third-order valence-electron chi connectivity index (χ3n) is 2.32. The van der Waals surface area contributed by atoms with Crippen LogP contribution in [0.25, 0.3) is 0 Å². The Morgan fingerprint density at radius 1 is 1.50 bits per heavy atom. The van der Waals surface area contributed by atoms with Gasteiger partial charge in [0.25, 0.3) is 0 Å². The second-order valence-electron chi connectivity index (χ2n) is 3.85. The minimum atomic E-state index is -3.26. The lowest BCUT2D eigenvalue weighted by molar-refractivity contribution is 0.205. The molecule has 6 nitrogen and oxygen atoms in total. The highest BCUT2D eigenvalue weighted by Gasteiger charge is 2.08. The molecule has 0 unspecified atom stereocenters. The number of pyridine rings is 1. The highest BCUT2D eigenvalue weighted by molar-refractivity contribution is 7.92. The van der Waals surface area contributed by atoms with Crippen molar-refractivity contribution in [1.82, 2.24) is 4.98 Å². The molecule has 1 aromatic heterocycles. The first-order valence-corrected chi connectivity index (χ1v) is 7.53. The quantitative estimate of drug-likeness (QED) is 0.800. The lowest BCUT2D eigenvalue weighted by Gasteiger charge is -2.21. The zero-order chi connectivity index (χ0) is 13.6. The Labute approximate surface area is 108 Å². The standard InChI is InChI=1S/C11H19N3O3S/c1-4-14(7-8-17-2)11-9-10(5-6-12-11)13-18(3,15)16/h5-6,9H,4,7-8H2,1-3H3,(H,12,13). The number of rotatable bonds is 7. The highest BCUT2D eigenvalue weighted by Crippen LogP contribution is 2.16. The van der Waals surface area contributed by atoms with Gasteiger partial charge in [-0.3, -0.25) is 4.72 Å². The van der Waals surface area contributed by atoms with E-state index in [1.165, 1.54) is 0 Å². The summed E-state index contributed by atoms with van der Waals surface area (Å²) >= 11 is 0. The fourth-order valence-electron chi connectivity index (χ4n) is 1.51. The Hall–Kier alpha value is -1.34. The van der Waals surface area contributed by atoms with Crippen LogP contribution in [0.2, 0.25) is 0 Å². The first-order valence-electron chi connectivity index (χ1n) is 5.64. The zero-order valence-corrected chi connectivity index (χ0v) is 11.7. The van der Waals surface area contributed by atoms with Crippen LogP contribution >= 0.6 is 0 Å². The molecule has 0 aliphatic rings. The van der Waals surface area contributed by atoms with Gasteiger partial charge in [-0.05, 0) is 13.0 Å². The van der Waals surface area contributed by atoms with Crippen molar-refractivity contribution in [2.45, 2.75) is 6.92 Å². The molecule has 1 rings (SSSR count). The van der Waals surface area contributed by atoms with Gasteiger partial charge in [0.05, 0.1) is 18.6 Å². The summed E-state index contributed by atoms with van der Waals surface area (Å²) in [7, 11) is -1.62. The van der Waals surface area contributed by atoms with Gasteiger partial charge in [-0.1, -0.05) is 0 Å². The van der Waals surface area contributed by atoms with Crippen LogP contribution in [-0.2, 0) is 14.8 Å². The summed E-state index contributed by atoms with van der Waals surface area (Å²) in [6.45, 7) is 4.09. The molecule has 102 valence electrons. The van der Waals surface area contributed by atoms with Crippen LogP contribution in [-0.4, -0.2) is 46.5 Å². The Morgan fingerprint density at radius 2 is 2.22 bits per heavy atom. The van der Waals surface area contributed by atoms with Crippen molar-refractivity contribution < 1.29 is 13.2 Å². The summed E-state index contributed by atoms with van der Waals surface area (Å²) in [5, 5.41) is 0. The van der Waals surface area contributed by atoms with Crippen molar-refractivity contribution in [2.75, 3.05) is 42.7 Å². The first-order chi connectivity index (χ1) is 8.46. The van der Waals surface area contributed by atoms with E-state index in [1.807, 2.05) is 11.8 Å². The van der Waals surface area contributed by atoms with E-state index in [-0.39, 0.29) is 0 Å². The van der Waals surface area contributed by atoms with E-state index < -0.39 is 10.0 Å². The second kappa shape index (κ2) is 6.55. The number of ether oxygens (including phenoxy) is 1. The van der Waals surface area contributed by atoms with Crippen LogP contribution in [0.1, 0.15) is 6.92 Å². The van der Waals surface area contributed by atoms with E-state index in [0.29, 0.717) is 18.8 Å². The molecule has 0 amide bonds. The number of methoxy groups -OCH3 is 1. The fraction of sp³-hybridized carbons (Fsp3) is 0.545. The molecule has 0 spiro atoms. The largest absolute Gasteiger partial charge is 0.383 e. The smallest absolute Gasteiger partial charge is 0.229 e. The van der Waals surface area contributed by atoms with Gasteiger partial charge < -0.3 is 9.64 Å². The molecule has 0 aromatic carbocycles. The van der Waals surface area contributed by atoms with Gasteiger partial charge in [0, 0.05) is 32.5 Å². The van der Waals surface area contributed by atoms with Gasteiger partial charge in [-0.25, -0.2) is 13.4 Å². The maximum absolute atomic E-state index is 11.2. The van der Waals surface area contributed by atoms with Crippen molar-refractivity contribution in [3.8, 4) is 0 Å². The van der Waals surface area contributed by atoms with Gasteiger partial charge in [0.1, 0.15) is 5.82 Å². The molecule has 1 heterocycles. The zero-order valence-electron chi connectivity index (χ0n) is 10.9. The minimum Gasteiger partial charge on any atom is -0.383 e. The molecule has 1 aromatic rings. The van der Waals surface area contributed by atoms with E-state index in [0.717, 1.165) is 18.6 Å². The average molecular weight is 273 g/mol. The SMILES string of the molecule is CCN(CCOC)c1cc(NS(C)(=O)=O)ccn1. The molecule has 0 radical (unpaired) electrons. The maximum atomic E-state index is 11.2. The number of likely N-dealkylation sites (N-methyl/N-ethyl adjacent to an activating group) is 1. The van der Waals surface area contributed by atoms with Crippen LogP contribution in [0, 0.1) is 0 Å².